The van der Waals surface area contributed by atoms with Gasteiger partial charge in [-0.3, -0.25) is 9.59 Å². The first-order valence-electron chi connectivity index (χ1n) is 10.5. The monoisotopic (exact) mass is 475 g/mol. The maximum Gasteiger partial charge on any atom is 0.181 e. The molecule has 7 heteroatoms. The van der Waals surface area contributed by atoms with Crippen molar-refractivity contribution in [2.75, 3.05) is 14.2 Å². The third-order valence-electron chi connectivity index (χ3n) is 5.48. The number of methoxy groups -OCH3 is 2. The van der Waals surface area contributed by atoms with Crippen LogP contribution in [-0.2, 0) is 0 Å². The number of ether oxygens (including phenoxy) is 2. The van der Waals surface area contributed by atoms with Gasteiger partial charge in [0.25, 0.3) is 0 Å². The summed E-state index contributed by atoms with van der Waals surface area (Å²) < 4.78 is 25.1. The van der Waals surface area contributed by atoms with E-state index in [1.807, 2.05) is 17.5 Å². The minimum absolute atomic E-state index is 0.000767. The van der Waals surface area contributed by atoms with Crippen LogP contribution in [0.5, 0.6) is 11.5 Å². The fourth-order valence-electron chi connectivity index (χ4n) is 3.68. The van der Waals surface area contributed by atoms with Crippen molar-refractivity contribution in [2.45, 2.75) is 12.8 Å². The van der Waals surface area contributed by atoms with E-state index < -0.39 is 0 Å². The van der Waals surface area contributed by atoms with Crippen LogP contribution in [0.1, 0.15) is 39.3 Å². The van der Waals surface area contributed by atoms with Crippen LogP contribution in [0.2, 0.25) is 0 Å². The van der Waals surface area contributed by atoms with Gasteiger partial charge < -0.3 is 9.47 Å². The second-order valence-electron chi connectivity index (χ2n) is 7.56. The molecule has 0 atom stereocenters. The average Bonchev–Trinajstić information content (AvgIpc) is 3.31. The van der Waals surface area contributed by atoms with E-state index in [-0.39, 0.29) is 35.9 Å². The number of aromatic nitrogens is 1. The summed E-state index contributed by atoms with van der Waals surface area (Å²) in [4.78, 5) is 30.2. The number of hydrogen-bond acceptors (Lipinski definition) is 6. The number of carbonyl (C=O) groups is 2. The predicted molar refractivity (Wildman–Crippen MR) is 133 cm³/mol. The molecule has 0 aliphatic heterocycles. The Hall–Kier alpha value is -3.84. The summed E-state index contributed by atoms with van der Waals surface area (Å²) in [6.45, 7) is 3.80. The van der Waals surface area contributed by atoms with Gasteiger partial charge in [0, 0.05) is 34.7 Å². The first-order chi connectivity index (χ1) is 16.4. The molecule has 2 aromatic heterocycles. The minimum atomic E-state index is -0.293. The topological polar surface area (TPSA) is 65.5 Å². The molecule has 0 spiro atoms. The number of pyridine rings is 1. The Bertz CT molecular complexity index is 1410. The lowest BCUT2D eigenvalue weighted by molar-refractivity contribution is 0.0915. The number of carbonyl (C=O) groups excluding carboxylic acids is 2. The van der Waals surface area contributed by atoms with Crippen molar-refractivity contribution >= 4 is 39.1 Å². The zero-order valence-electron chi connectivity index (χ0n) is 18.8. The Kier molecular flexibility index (Phi) is 6.84. The van der Waals surface area contributed by atoms with Gasteiger partial charge in [-0.15, -0.1) is 11.3 Å². The number of thiophene rings is 1. The van der Waals surface area contributed by atoms with Crippen LogP contribution in [0, 0.1) is 5.82 Å². The lowest BCUT2D eigenvalue weighted by Gasteiger charge is -2.09. The van der Waals surface area contributed by atoms with Gasteiger partial charge in [0.15, 0.2) is 23.1 Å². The molecule has 0 unspecified atom stereocenters. The third-order valence-corrected chi connectivity index (χ3v) is 6.49. The number of fused-ring (bicyclic) bond motifs is 1. The molecular weight excluding hydrogens is 453 g/mol. The lowest BCUT2D eigenvalue weighted by atomic mass is 10.0. The maximum absolute atomic E-state index is 14.1. The normalized spacial score (nSPS) is 10.8. The number of nitrogens with zero attached hydrogens (tertiary/aromatic N) is 1. The van der Waals surface area contributed by atoms with Crippen molar-refractivity contribution < 1.29 is 23.5 Å². The van der Waals surface area contributed by atoms with E-state index in [0.717, 1.165) is 16.5 Å². The van der Waals surface area contributed by atoms with Crippen molar-refractivity contribution in [3.63, 3.8) is 0 Å². The predicted octanol–water partition coefficient (Wildman–Crippen LogP) is 6.61. The molecule has 0 bridgehead atoms. The molecule has 172 valence electrons. The largest absolute Gasteiger partial charge is 0.493 e. The maximum atomic E-state index is 14.1. The van der Waals surface area contributed by atoms with Gasteiger partial charge >= 0.3 is 0 Å². The fraction of sp³-hybridized carbons (Fsp3) is 0.148. The minimum Gasteiger partial charge on any atom is -0.493 e. The number of halogens is 1. The number of ketones is 2. The molecular formula is C27H22FNO4S. The van der Waals surface area contributed by atoms with Gasteiger partial charge in [-0.2, -0.15) is 0 Å². The summed E-state index contributed by atoms with van der Waals surface area (Å²) in [5, 5.41) is 2.57. The number of benzene rings is 2. The van der Waals surface area contributed by atoms with E-state index in [1.54, 1.807) is 36.4 Å². The van der Waals surface area contributed by atoms with E-state index in [1.165, 1.54) is 31.6 Å². The van der Waals surface area contributed by atoms with Crippen LogP contribution in [0.4, 0.5) is 4.39 Å². The van der Waals surface area contributed by atoms with Crippen LogP contribution in [0.3, 0.4) is 0 Å². The van der Waals surface area contributed by atoms with Crippen molar-refractivity contribution in [2.24, 2.45) is 0 Å². The van der Waals surface area contributed by atoms with Crippen molar-refractivity contribution in [3.05, 3.63) is 83.1 Å². The number of Topliss-reactive ketones (excluding diaryl/α,β-unsaturated/α-hetero) is 2. The van der Waals surface area contributed by atoms with Crippen molar-refractivity contribution in [1.29, 1.82) is 0 Å². The standard InChI is InChI=1S/C27H22FNO4S/c1-4-16-12-21(19-15-34-27-18(19)6-5-7-20(27)28)29-22(13-16)24(31)10-9-23(30)17-8-11-25(32-2)26(14-17)33-3/h4-8,11-15H,1,9-10H2,2-3H3. The van der Waals surface area contributed by atoms with Gasteiger partial charge in [0.1, 0.15) is 11.5 Å². The molecule has 2 heterocycles. The van der Waals surface area contributed by atoms with Gasteiger partial charge in [0.2, 0.25) is 0 Å². The van der Waals surface area contributed by atoms with Crippen LogP contribution in [-0.4, -0.2) is 30.8 Å². The lowest BCUT2D eigenvalue weighted by Crippen LogP contribution is -2.08. The highest BCUT2D eigenvalue weighted by molar-refractivity contribution is 7.17. The summed E-state index contributed by atoms with van der Waals surface area (Å²) in [6, 6.07) is 13.3. The summed E-state index contributed by atoms with van der Waals surface area (Å²) in [5.41, 5.74) is 2.70. The second-order valence-corrected chi connectivity index (χ2v) is 8.44. The molecule has 0 radical (unpaired) electrons. The molecule has 34 heavy (non-hydrogen) atoms. The molecule has 0 aliphatic rings. The van der Waals surface area contributed by atoms with Crippen molar-refractivity contribution in [3.8, 4) is 22.8 Å². The first kappa shape index (κ1) is 23.3. The molecule has 0 aliphatic carbocycles. The smallest absolute Gasteiger partial charge is 0.181 e. The molecule has 4 aromatic rings. The molecule has 5 nitrogen and oxygen atoms in total. The molecule has 4 rings (SSSR count). The Morgan fingerprint density at radius 3 is 2.53 bits per heavy atom. The quantitative estimate of drug-likeness (QED) is 0.255. The van der Waals surface area contributed by atoms with Crippen LogP contribution < -0.4 is 9.47 Å². The fourth-order valence-corrected chi connectivity index (χ4v) is 4.65. The van der Waals surface area contributed by atoms with Crippen LogP contribution in [0.15, 0.2) is 60.5 Å². The Balaban J connectivity index is 1.57. The van der Waals surface area contributed by atoms with Gasteiger partial charge in [-0.25, -0.2) is 9.37 Å². The van der Waals surface area contributed by atoms with E-state index in [0.29, 0.717) is 27.5 Å². The molecule has 0 saturated carbocycles. The number of rotatable bonds is 9. The molecule has 0 saturated heterocycles. The average molecular weight is 476 g/mol. The molecule has 0 amide bonds. The Morgan fingerprint density at radius 1 is 1.03 bits per heavy atom. The van der Waals surface area contributed by atoms with E-state index in [4.69, 9.17) is 9.47 Å². The zero-order chi connectivity index (χ0) is 24.2. The first-order valence-corrected chi connectivity index (χ1v) is 11.4. The highest BCUT2D eigenvalue weighted by Crippen LogP contribution is 2.35. The highest BCUT2D eigenvalue weighted by atomic mass is 32.1. The van der Waals surface area contributed by atoms with Gasteiger partial charge in [-0.1, -0.05) is 24.8 Å². The highest BCUT2D eigenvalue weighted by Gasteiger charge is 2.17. The Labute approximate surface area is 200 Å². The molecule has 0 fully saturated rings. The summed E-state index contributed by atoms with van der Waals surface area (Å²) in [5.74, 6) is 0.231. The zero-order valence-corrected chi connectivity index (χ0v) is 19.6. The van der Waals surface area contributed by atoms with E-state index in [9.17, 15) is 14.0 Å². The van der Waals surface area contributed by atoms with Crippen LogP contribution >= 0.6 is 11.3 Å². The van der Waals surface area contributed by atoms with Gasteiger partial charge in [0.05, 0.1) is 24.6 Å². The second kappa shape index (κ2) is 9.97. The number of hydrogen-bond donors (Lipinski definition) is 0. The van der Waals surface area contributed by atoms with E-state index >= 15 is 0 Å². The van der Waals surface area contributed by atoms with Crippen molar-refractivity contribution in [1.82, 2.24) is 4.98 Å². The van der Waals surface area contributed by atoms with Crippen LogP contribution in [0.25, 0.3) is 27.4 Å². The van der Waals surface area contributed by atoms with E-state index in [2.05, 4.69) is 11.6 Å². The van der Waals surface area contributed by atoms with Gasteiger partial charge in [-0.05, 0) is 42.0 Å². The SMILES string of the molecule is C=Cc1cc(C(=O)CCC(=O)c2ccc(OC)c(OC)c2)nc(-c2csc3c(F)cccc23)c1. The molecule has 2 aromatic carbocycles. The summed E-state index contributed by atoms with van der Waals surface area (Å²) in [7, 11) is 3.02. The Morgan fingerprint density at radius 2 is 1.79 bits per heavy atom. The summed E-state index contributed by atoms with van der Waals surface area (Å²) >= 11 is 1.29. The molecule has 0 N–H and O–H groups in total. The summed E-state index contributed by atoms with van der Waals surface area (Å²) in [6.07, 6.45) is 1.65. The third kappa shape index (κ3) is 4.61.